The van der Waals surface area contributed by atoms with Crippen LogP contribution in [0.3, 0.4) is 0 Å². The number of likely N-dealkylation sites (tertiary alicyclic amines) is 1. The number of hydrogen-bond acceptors (Lipinski definition) is 7. The van der Waals surface area contributed by atoms with Crippen molar-refractivity contribution in [2.75, 3.05) is 20.1 Å². The van der Waals surface area contributed by atoms with Crippen LogP contribution >= 0.6 is 0 Å². The number of aliphatic hydroxyl groups is 2. The van der Waals surface area contributed by atoms with Crippen LogP contribution in [-0.2, 0) is 15.3 Å². The number of benzene rings is 1. The zero-order chi connectivity index (χ0) is 18.7. The molecule has 2 heterocycles. The van der Waals surface area contributed by atoms with Crippen LogP contribution in [0.15, 0.2) is 35.5 Å². The third-order valence-corrected chi connectivity index (χ3v) is 5.58. The highest BCUT2D eigenvalue weighted by Crippen LogP contribution is 2.51. The van der Waals surface area contributed by atoms with Crippen molar-refractivity contribution in [3.05, 3.63) is 46.7 Å². The fourth-order valence-corrected chi connectivity index (χ4v) is 4.33. The highest BCUT2D eigenvalue weighted by Gasteiger charge is 2.70. The first-order chi connectivity index (χ1) is 12.3. The van der Waals surface area contributed by atoms with Gasteiger partial charge in [-0.05, 0) is 33.4 Å². The summed E-state index contributed by atoms with van der Waals surface area (Å²) in [6, 6.07) is 6.41. The smallest absolute Gasteiger partial charge is 0.339 e. The molecule has 3 aliphatic rings. The molecule has 0 spiro atoms. The maximum atomic E-state index is 12.9. The van der Waals surface area contributed by atoms with E-state index in [9.17, 15) is 19.8 Å². The van der Waals surface area contributed by atoms with E-state index in [1.165, 1.54) is 6.07 Å². The Morgan fingerprint density at radius 2 is 2.08 bits per heavy atom. The number of likely N-dealkylation sites (N-methyl/N-ethyl adjacent to an activating group) is 1. The molecule has 0 radical (unpaired) electrons. The highest BCUT2D eigenvalue weighted by atomic mass is 16.5. The van der Waals surface area contributed by atoms with E-state index in [1.807, 2.05) is 7.05 Å². The maximum Gasteiger partial charge on any atom is 0.339 e. The summed E-state index contributed by atoms with van der Waals surface area (Å²) in [7, 11) is 1.95. The Labute approximate surface area is 151 Å². The molecule has 7 heteroatoms. The first kappa shape index (κ1) is 17.2. The molecule has 3 unspecified atom stereocenters. The Morgan fingerprint density at radius 3 is 2.81 bits per heavy atom. The summed E-state index contributed by atoms with van der Waals surface area (Å²) in [6.45, 7) is 3.09. The summed E-state index contributed by atoms with van der Waals surface area (Å²) < 4.78 is 5.58. The molecule has 0 amide bonds. The number of ether oxygens (including phenoxy) is 1. The SMILES string of the molecule is CC1=C(C(=O)OC2CCCN(C)C2)C2(O)C(=O)c3ccccc3C2(O)N1. The van der Waals surface area contributed by atoms with Crippen molar-refractivity contribution in [2.24, 2.45) is 0 Å². The number of fused-ring (bicyclic) bond motifs is 3. The molecule has 2 aliphatic heterocycles. The van der Waals surface area contributed by atoms with Gasteiger partial charge < -0.3 is 25.2 Å². The van der Waals surface area contributed by atoms with Gasteiger partial charge in [-0.2, -0.15) is 0 Å². The second kappa shape index (κ2) is 5.64. The quantitative estimate of drug-likeness (QED) is 0.653. The van der Waals surface area contributed by atoms with Crippen LogP contribution in [0.2, 0.25) is 0 Å². The number of carbonyl (C=O) groups excluding carboxylic acids is 2. The Hall–Kier alpha value is -2.22. The number of Topliss-reactive ketones (excluding diaryl/α,β-unsaturated/α-hetero) is 1. The molecule has 7 nitrogen and oxygen atoms in total. The molecule has 1 aliphatic carbocycles. The van der Waals surface area contributed by atoms with Crippen molar-refractivity contribution in [3.8, 4) is 0 Å². The zero-order valence-corrected chi connectivity index (χ0v) is 14.8. The van der Waals surface area contributed by atoms with Gasteiger partial charge in [0.05, 0.1) is 0 Å². The number of esters is 1. The van der Waals surface area contributed by atoms with Gasteiger partial charge in [0.1, 0.15) is 11.7 Å². The summed E-state index contributed by atoms with van der Waals surface area (Å²) in [5.41, 5.74) is -3.98. The number of rotatable bonds is 2. The van der Waals surface area contributed by atoms with Gasteiger partial charge >= 0.3 is 5.97 Å². The summed E-state index contributed by atoms with van der Waals surface area (Å²) in [5, 5.41) is 25.1. The second-order valence-electron chi connectivity index (χ2n) is 7.35. The van der Waals surface area contributed by atoms with Crippen LogP contribution in [-0.4, -0.2) is 58.7 Å². The highest BCUT2D eigenvalue weighted by molar-refractivity contribution is 6.16. The van der Waals surface area contributed by atoms with Gasteiger partial charge in [-0.25, -0.2) is 4.79 Å². The average molecular weight is 358 g/mol. The Kier molecular flexibility index (Phi) is 3.73. The van der Waals surface area contributed by atoms with Crippen LogP contribution in [0.25, 0.3) is 0 Å². The van der Waals surface area contributed by atoms with Crippen LogP contribution in [0.4, 0.5) is 0 Å². The molecule has 3 atom stereocenters. The molecule has 1 aromatic rings. The fraction of sp³-hybridized carbons (Fsp3) is 0.474. The summed E-state index contributed by atoms with van der Waals surface area (Å²) in [6.07, 6.45) is 1.33. The molecule has 0 saturated carbocycles. The predicted octanol–water partition coefficient (Wildman–Crippen LogP) is 0.274. The minimum atomic E-state index is -2.39. The van der Waals surface area contributed by atoms with E-state index in [4.69, 9.17) is 4.74 Å². The van der Waals surface area contributed by atoms with Crippen LogP contribution in [0.1, 0.15) is 35.7 Å². The number of piperidine rings is 1. The molecular formula is C19H22N2O5. The van der Waals surface area contributed by atoms with Gasteiger partial charge in [0.2, 0.25) is 17.1 Å². The van der Waals surface area contributed by atoms with Gasteiger partial charge in [0, 0.05) is 23.4 Å². The topological polar surface area (TPSA) is 99.1 Å². The van der Waals surface area contributed by atoms with E-state index in [0.29, 0.717) is 6.54 Å². The van der Waals surface area contributed by atoms with E-state index in [2.05, 4.69) is 10.2 Å². The Bertz CT molecular complexity index is 835. The second-order valence-corrected chi connectivity index (χ2v) is 7.35. The third-order valence-electron chi connectivity index (χ3n) is 5.58. The number of nitrogens with zero attached hydrogens (tertiary/aromatic N) is 1. The summed E-state index contributed by atoms with van der Waals surface area (Å²) in [4.78, 5) is 27.8. The molecule has 0 bridgehead atoms. The Morgan fingerprint density at radius 1 is 1.35 bits per heavy atom. The number of ketones is 1. The van der Waals surface area contributed by atoms with E-state index < -0.39 is 23.1 Å². The van der Waals surface area contributed by atoms with Gasteiger partial charge in [-0.1, -0.05) is 24.3 Å². The number of carbonyl (C=O) groups is 2. The lowest BCUT2D eigenvalue weighted by Gasteiger charge is -2.33. The molecule has 1 fully saturated rings. The Balaban J connectivity index is 1.69. The molecule has 3 N–H and O–H groups in total. The number of nitrogens with one attached hydrogen (secondary N) is 1. The van der Waals surface area contributed by atoms with E-state index in [1.54, 1.807) is 25.1 Å². The minimum absolute atomic E-state index is 0.195. The molecule has 1 aromatic carbocycles. The van der Waals surface area contributed by atoms with E-state index in [-0.39, 0.29) is 28.5 Å². The standard InChI is InChI=1S/C19H22N2O5/c1-11-15(17(23)26-12-6-5-9-21(2)10-12)18(24)16(22)13-7-3-4-8-14(13)19(18,25)20-11/h3-4,7-8,12,20,24-25H,5-6,9-10H2,1-2H3. The van der Waals surface area contributed by atoms with Gasteiger partial charge in [0.25, 0.3) is 0 Å². The van der Waals surface area contributed by atoms with Crippen LogP contribution in [0.5, 0.6) is 0 Å². The maximum absolute atomic E-state index is 12.9. The molecule has 0 aromatic heterocycles. The normalized spacial score (nSPS) is 33.7. The molecule has 1 saturated heterocycles. The average Bonchev–Trinajstić information content (AvgIpc) is 2.90. The predicted molar refractivity (Wildman–Crippen MR) is 92.1 cm³/mol. The first-order valence-electron chi connectivity index (χ1n) is 8.77. The first-order valence-corrected chi connectivity index (χ1v) is 8.77. The van der Waals surface area contributed by atoms with Crippen LogP contribution < -0.4 is 5.32 Å². The van der Waals surface area contributed by atoms with E-state index in [0.717, 1.165) is 19.4 Å². The third kappa shape index (κ3) is 2.11. The number of allylic oxidation sites excluding steroid dienone is 1. The van der Waals surface area contributed by atoms with Crippen molar-refractivity contribution in [3.63, 3.8) is 0 Å². The van der Waals surface area contributed by atoms with Crippen molar-refractivity contribution in [1.82, 2.24) is 10.2 Å². The van der Waals surface area contributed by atoms with E-state index >= 15 is 0 Å². The molecule has 26 heavy (non-hydrogen) atoms. The summed E-state index contributed by atoms with van der Waals surface area (Å²) in [5.74, 6) is -1.47. The summed E-state index contributed by atoms with van der Waals surface area (Å²) >= 11 is 0. The minimum Gasteiger partial charge on any atom is -0.458 e. The zero-order valence-electron chi connectivity index (χ0n) is 14.8. The van der Waals surface area contributed by atoms with Gasteiger partial charge in [-0.15, -0.1) is 0 Å². The largest absolute Gasteiger partial charge is 0.458 e. The lowest BCUT2D eigenvalue weighted by atomic mass is 9.85. The van der Waals surface area contributed by atoms with Crippen molar-refractivity contribution in [2.45, 2.75) is 37.2 Å². The van der Waals surface area contributed by atoms with Gasteiger partial charge in [-0.3, -0.25) is 4.79 Å². The molecule has 4 rings (SSSR count). The van der Waals surface area contributed by atoms with Crippen molar-refractivity contribution >= 4 is 11.8 Å². The lowest BCUT2D eigenvalue weighted by molar-refractivity contribution is -0.153. The molecular weight excluding hydrogens is 336 g/mol. The monoisotopic (exact) mass is 358 g/mol. The lowest BCUT2D eigenvalue weighted by Crippen LogP contribution is -2.56. The number of hydrogen-bond donors (Lipinski definition) is 3. The van der Waals surface area contributed by atoms with Gasteiger partial charge in [0.15, 0.2) is 0 Å². The fourth-order valence-electron chi connectivity index (χ4n) is 4.33. The van der Waals surface area contributed by atoms with Crippen molar-refractivity contribution in [1.29, 1.82) is 0 Å². The van der Waals surface area contributed by atoms with Crippen LogP contribution in [0, 0.1) is 0 Å². The molecule has 138 valence electrons. The van der Waals surface area contributed by atoms with Crippen molar-refractivity contribution < 1.29 is 24.5 Å².